The molecule has 0 fully saturated rings. The number of hydrogen-bond acceptors (Lipinski definition) is 5. The molecule has 0 bridgehead atoms. The second-order valence-electron chi connectivity index (χ2n) is 5.05. The number of ether oxygens (including phenoxy) is 2. The smallest absolute Gasteiger partial charge is 0.244 e. The van der Waals surface area contributed by atoms with E-state index in [4.69, 9.17) is 9.47 Å². The molecule has 0 N–H and O–H groups in total. The fourth-order valence-corrected chi connectivity index (χ4v) is 2.28. The van der Waals surface area contributed by atoms with Gasteiger partial charge in [0.2, 0.25) is 11.3 Å². The molecule has 1 aromatic carbocycles. The number of carbonyl (C=O) groups is 1. The first-order valence-electron chi connectivity index (χ1n) is 7.38. The zero-order valence-electron chi connectivity index (χ0n) is 13.4. The molecule has 0 radical (unpaired) electrons. The first kappa shape index (κ1) is 17.1. The van der Waals surface area contributed by atoms with Crippen LogP contribution in [-0.4, -0.2) is 61.1 Å². The molecule has 7 heteroatoms. The molecular weight excluding hydrogens is 298 g/mol. The number of fused-ring (bicyclic) bond motifs is 1. The Kier molecular flexibility index (Phi) is 6.25. The molecule has 0 aliphatic carbocycles. The summed E-state index contributed by atoms with van der Waals surface area (Å²) in [5.41, 5.74) is 0.492. The van der Waals surface area contributed by atoms with Gasteiger partial charge in [-0.2, -0.15) is 5.10 Å². The SMILES string of the molecule is COCCN(CCOC)C(=O)Cn1ncc(=O)c2ccccc21. The van der Waals surface area contributed by atoms with E-state index in [-0.39, 0.29) is 17.9 Å². The Morgan fingerprint density at radius 2 is 1.83 bits per heavy atom. The highest BCUT2D eigenvalue weighted by atomic mass is 16.5. The molecule has 124 valence electrons. The van der Waals surface area contributed by atoms with Crippen molar-refractivity contribution in [2.45, 2.75) is 6.54 Å². The topological polar surface area (TPSA) is 73.7 Å². The summed E-state index contributed by atoms with van der Waals surface area (Å²) in [6, 6.07) is 7.12. The molecule has 0 aliphatic rings. The van der Waals surface area contributed by atoms with Crippen molar-refractivity contribution >= 4 is 16.8 Å². The fraction of sp³-hybridized carbons (Fsp3) is 0.438. The van der Waals surface area contributed by atoms with Crippen LogP contribution in [0, 0.1) is 0 Å². The largest absolute Gasteiger partial charge is 0.383 e. The molecule has 1 heterocycles. The van der Waals surface area contributed by atoms with Crippen LogP contribution >= 0.6 is 0 Å². The van der Waals surface area contributed by atoms with Gasteiger partial charge in [0.15, 0.2) is 0 Å². The molecule has 2 rings (SSSR count). The molecule has 1 aromatic heterocycles. The van der Waals surface area contributed by atoms with Crippen LogP contribution < -0.4 is 5.43 Å². The van der Waals surface area contributed by atoms with Gasteiger partial charge in [0.05, 0.1) is 24.9 Å². The van der Waals surface area contributed by atoms with Crippen LogP contribution in [0.5, 0.6) is 0 Å². The Bertz CT molecular complexity index is 706. The predicted molar refractivity (Wildman–Crippen MR) is 86.3 cm³/mol. The van der Waals surface area contributed by atoms with Gasteiger partial charge < -0.3 is 14.4 Å². The van der Waals surface area contributed by atoms with Crippen LogP contribution in [-0.2, 0) is 20.8 Å². The van der Waals surface area contributed by atoms with Crippen LogP contribution in [0.2, 0.25) is 0 Å². The van der Waals surface area contributed by atoms with Crippen LogP contribution in [0.25, 0.3) is 10.9 Å². The lowest BCUT2D eigenvalue weighted by atomic mass is 10.2. The summed E-state index contributed by atoms with van der Waals surface area (Å²) < 4.78 is 11.6. The number of benzene rings is 1. The third kappa shape index (κ3) is 4.37. The lowest BCUT2D eigenvalue weighted by Crippen LogP contribution is -2.39. The standard InChI is InChI=1S/C16H21N3O4/c1-22-9-7-18(8-10-23-2)16(21)12-19-14-6-4-3-5-13(14)15(20)11-17-19/h3-6,11H,7-10,12H2,1-2H3. The Labute approximate surface area is 134 Å². The van der Waals surface area contributed by atoms with Crippen molar-refractivity contribution in [3.8, 4) is 0 Å². The van der Waals surface area contributed by atoms with E-state index in [1.165, 1.54) is 6.20 Å². The van der Waals surface area contributed by atoms with Gasteiger partial charge in [-0.3, -0.25) is 14.3 Å². The summed E-state index contributed by atoms with van der Waals surface area (Å²) in [6.45, 7) is 1.93. The first-order valence-corrected chi connectivity index (χ1v) is 7.38. The second-order valence-corrected chi connectivity index (χ2v) is 5.05. The third-order valence-electron chi connectivity index (χ3n) is 3.53. The van der Waals surface area contributed by atoms with Gasteiger partial charge in [0, 0.05) is 32.7 Å². The number of aromatic nitrogens is 2. The summed E-state index contributed by atoms with van der Waals surface area (Å²) in [4.78, 5) is 26.0. The maximum absolute atomic E-state index is 12.5. The van der Waals surface area contributed by atoms with Crippen molar-refractivity contribution in [1.29, 1.82) is 0 Å². The minimum atomic E-state index is -0.153. The monoisotopic (exact) mass is 319 g/mol. The van der Waals surface area contributed by atoms with E-state index < -0.39 is 0 Å². The molecule has 23 heavy (non-hydrogen) atoms. The van der Waals surface area contributed by atoms with Gasteiger partial charge >= 0.3 is 0 Å². The number of carbonyl (C=O) groups excluding carboxylic acids is 1. The number of para-hydroxylation sites is 1. The van der Waals surface area contributed by atoms with E-state index in [0.717, 1.165) is 0 Å². The Morgan fingerprint density at radius 3 is 2.48 bits per heavy atom. The maximum atomic E-state index is 12.5. The molecule has 7 nitrogen and oxygen atoms in total. The van der Waals surface area contributed by atoms with Gasteiger partial charge in [-0.1, -0.05) is 12.1 Å². The van der Waals surface area contributed by atoms with E-state index in [1.54, 1.807) is 42.0 Å². The lowest BCUT2D eigenvalue weighted by molar-refractivity contribution is -0.133. The molecule has 0 saturated carbocycles. The van der Waals surface area contributed by atoms with Crippen molar-refractivity contribution < 1.29 is 14.3 Å². The minimum Gasteiger partial charge on any atom is -0.383 e. The Hall–Kier alpha value is -2.25. The number of methoxy groups -OCH3 is 2. The van der Waals surface area contributed by atoms with Crippen molar-refractivity contribution in [3.63, 3.8) is 0 Å². The number of amides is 1. The van der Waals surface area contributed by atoms with Crippen molar-refractivity contribution in [2.75, 3.05) is 40.5 Å². The molecule has 0 saturated heterocycles. The van der Waals surface area contributed by atoms with Crippen molar-refractivity contribution in [3.05, 3.63) is 40.7 Å². The lowest BCUT2D eigenvalue weighted by Gasteiger charge is -2.22. The van der Waals surface area contributed by atoms with Crippen LogP contribution in [0.3, 0.4) is 0 Å². The quantitative estimate of drug-likeness (QED) is 0.709. The van der Waals surface area contributed by atoms with Gasteiger partial charge in [0.25, 0.3) is 0 Å². The van der Waals surface area contributed by atoms with Gasteiger partial charge in [0.1, 0.15) is 6.54 Å². The fourth-order valence-electron chi connectivity index (χ4n) is 2.28. The van der Waals surface area contributed by atoms with Gasteiger partial charge in [-0.05, 0) is 12.1 Å². The Morgan fingerprint density at radius 1 is 1.17 bits per heavy atom. The van der Waals surface area contributed by atoms with Gasteiger partial charge in [-0.15, -0.1) is 0 Å². The van der Waals surface area contributed by atoms with E-state index in [0.29, 0.717) is 37.2 Å². The first-order chi connectivity index (χ1) is 11.2. The number of rotatable bonds is 8. The summed E-state index contributed by atoms with van der Waals surface area (Å²) in [5.74, 6) is -0.0968. The molecule has 2 aromatic rings. The van der Waals surface area contributed by atoms with E-state index in [1.807, 2.05) is 6.07 Å². The van der Waals surface area contributed by atoms with Crippen LogP contribution in [0.15, 0.2) is 35.3 Å². The molecule has 0 spiro atoms. The predicted octanol–water partition coefficient (Wildman–Crippen LogP) is 0.518. The second kappa shape index (κ2) is 8.40. The Balaban J connectivity index is 2.20. The summed E-state index contributed by atoms with van der Waals surface area (Å²) >= 11 is 0. The maximum Gasteiger partial charge on any atom is 0.244 e. The minimum absolute atomic E-state index is 0.0637. The van der Waals surface area contributed by atoms with Crippen molar-refractivity contribution in [2.24, 2.45) is 0 Å². The number of hydrogen-bond donors (Lipinski definition) is 0. The van der Waals surface area contributed by atoms with E-state index >= 15 is 0 Å². The average molecular weight is 319 g/mol. The van der Waals surface area contributed by atoms with E-state index in [9.17, 15) is 9.59 Å². The van der Waals surface area contributed by atoms with Crippen molar-refractivity contribution in [1.82, 2.24) is 14.7 Å². The number of nitrogens with zero attached hydrogens (tertiary/aromatic N) is 3. The summed E-state index contributed by atoms with van der Waals surface area (Å²) in [5, 5.41) is 4.64. The van der Waals surface area contributed by atoms with Gasteiger partial charge in [-0.25, -0.2) is 0 Å². The third-order valence-corrected chi connectivity index (χ3v) is 3.53. The highest BCUT2D eigenvalue weighted by Gasteiger charge is 2.15. The zero-order chi connectivity index (χ0) is 16.7. The molecule has 0 atom stereocenters. The molecule has 0 unspecified atom stereocenters. The highest BCUT2D eigenvalue weighted by molar-refractivity contribution is 5.81. The van der Waals surface area contributed by atoms with Crippen LogP contribution in [0.4, 0.5) is 0 Å². The molecular formula is C16H21N3O4. The normalized spacial score (nSPS) is 10.9. The summed E-state index contributed by atoms with van der Waals surface area (Å²) in [6.07, 6.45) is 1.24. The zero-order valence-corrected chi connectivity index (χ0v) is 13.4. The highest BCUT2D eigenvalue weighted by Crippen LogP contribution is 2.08. The van der Waals surface area contributed by atoms with Crippen LogP contribution in [0.1, 0.15) is 0 Å². The molecule has 0 aliphatic heterocycles. The molecule has 1 amide bonds. The summed E-state index contributed by atoms with van der Waals surface area (Å²) in [7, 11) is 3.19. The van der Waals surface area contributed by atoms with E-state index in [2.05, 4.69) is 5.10 Å². The average Bonchev–Trinajstić information content (AvgIpc) is 2.57.